The van der Waals surface area contributed by atoms with E-state index in [1.807, 2.05) is 18.2 Å². The van der Waals surface area contributed by atoms with Gasteiger partial charge in [0.2, 0.25) is 0 Å². The number of benzene rings is 4. The number of sulfonamides is 1. The molecule has 1 N–H and O–H groups in total. The Morgan fingerprint density at radius 3 is 2.45 bits per heavy atom. The van der Waals surface area contributed by atoms with Gasteiger partial charge in [0, 0.05) is 27.2 Å². The van der Waals surface area contributed by atoms with Gasteiger partial charge >= 0.3 is 0 Å². The number of carbonyl (C=O) groups excluding carboxylic acids is 1. The lowest BCUT2D eigenvalue weighted by atomic mass is 10.2. The smallest absolute Gasteiger partial charge is 0.273 e. The normalized spacial score (nSPS) is 11.3. The van der Waals surface area contributed by atoms with Gasteiger partial charge < -0.3 is 9.47 Å². The molecule has 4 aromatic rings. The molecule has 0 radical (unpaired) electrons. The number of nitro groups is 1. The van der Waals surface area contributed by atoms with E-state index in [0.29, 0.717) is 16.3 Å². The second-order valence-corrected chi connectivity index (χ2v) is 12.0. The molecule has 0 aliphatic rings. The van der Waals surface area contributed by atoms with Crippen molar-refractivity contribution in [1.29, 1.82) is 0 Å². The van der Waals surface area contributed by atoms with Crippen LogP contribution in [0, 0.1) is 17.0 Å². The molecule has 0 fully saturated rings. The number of hydrogen-bond donors (Lipinski definition) is 1. The summed E-state index contributed by atoms with van der Waals surface area (Å²) >= 11 is 12.3. The SMILES string of the molecule is COc1ccc(Cl)cc1N(CC(=O)N/N=C\c1ccc(OCc2ccccc2Cl)cc1)S(=O)(=O)c1ccc(C)c([N+](=O)[O-])c1. The van der Waals surface area contributed by atoms with Crippen LogP contribution in [0.15, 0.2) is 94.9 Å². The third-order valence-corrected chi connectivity index (χ3v) is 8.66. The van der Waals surface area contributed by atoms with Crippen LogP contribution >= 0.6 is 23.2 Å². The minimum absolute atomic E-state index is 0.0465. The fraction of sp³-hybridized carbons (Fsp3) is 0.133. The monoisotopic (exact) mass is 656 g/mol. The first-order valence-corrected chi connectivity index (χ1v) is 15.1. The zero-order chi connectivity index (χ0) is 31.9. The number of ether oxygens (including phenoxy) is 2. The standard InChI is InChI=1S/C30H26Cl2N4O7S/c1-20-7-13-25(16-27(20)36(38)39)44(40,41)35(28-15-23(31)10-14-29(28)42-2)18-30(37)34-33-17-21-8-11-24(12-9-21)43-19-22-5-3-4-6-26(22)32/h3-17H,18-19H2,1-2H3,(H,34,37)/b33-17-. The molecular formula is C30H26Cl2N4O7S. The van der Waals surface area contributed by atoms with Crippen molar-refractivity contribution in [2.24, 2.45) is 5.10 Å². The van der Waals surface area contributed by atoms with Crippen LogP contribution in [0.2, 0.25) is 10.0 Å². The number of nitrogens with one attached hydrogen (secondary N) is 1. The minimum atomic E-state index is -4.53. The lowest BCUT2D eigenvalue weighted by molar-refractivity contribution is -0.385. The van der Waals surface area contributed by atoms with E-state index in [2.05, 4.69) is 10.5 Å². The minimum Gasteiger partial charge on any atom is -0.495 e. The lowest BCUT2D eigenvalue weighted by Gasteiger charge is -2.25. The number of methoxy groups -OCH3 is 1. The number of halogens is 2. The zero-order valence-electron chi connectivity index (χ0n) is 23.4. The Labute approximate surface area is 263 Å². The highest BCUT2D eigenvalue weighted by Crippen LogP contribution is 2.35. The highest BCUT2D eigenvalue weighted by atomic mass is 35.5. The largest absolute Gasteiger partial charge is 0.495 e. The molecule has 0 aliphatic heterocycles. The summed E-state index contributed by atoms with van der Waals surface area (Å²) < 4.78 is 39.4. The van der Waals surface area contributed by atoms with Crippen LogP contribution in [-0.2, 0) is 21.4 Å². The molecule has 14 heteroatoms. The fourth-order valence-corrected chi connectivity index (χ4v) is 5.80. The summed E-state index contributed by atoms with van der Waals surface area (Å²) in [6.07, 6.45) is 1.37. The lowest BCUT2D eigenvalue weighted by Crippen LogP contribution is -2.39. The van der Waals surface area contributed by atoms with Gasteiger partial charge in [0.1, 0.15) is 24.7 Å². The van der Waals surface area contributed by atoms with Gasteiger partial charge in [-0.3, -0.25) is 19.2 Å². The van der Waals surface area contributed by atoms with Crippen LogP contribution in [0.3, 0.4) is 0 Å². The summed E-state index contributed by atoms with van der Waals surface area (Å²) in [6, 6.07) is 21.9. The number of carbonyl (C=O) groups is 1. The summed E-state index contributed by atoms with van der Waals surface area (Å²) in [5.41, 5.74) is 3.61. The van der Waals surface area contributed by atoms with Crippen LogP contribution in [-0.4, -0.2) is 39.1 Å². The first kappa shape index (κ1) is 32.3. The Morgan fingerprint density at radius 1 is 1.05 bits per heavy atom. The van der Waals surface area contributed by atoms with Gasteiger partial charge in [0.15, 0.2) is 0 Å². The third kappa shape index (κ3) is 7.84. The third-order valence-electron chi connectivity index (χ3n) is 6.30. The molecule has 0 saturated heterocycles. The van der Waals surface area contributed by atoms with E-state index in [0.717, 1.165) is 15.9 Å². The van der Waals surface area contributed by atoms with Crippen molar-refractivity contribution in [3.8, 4) is 11.5 Å². The van der Waals surface area contributed by atoms with E-state index < -0.39 is 38.0 Å². The van der Waals surface area contributed by atoms with Gasteiger partial charge in [-0.15, -0.1) is 0 Å². The van der Waals surface area contributed by atoms with Crippen LogP contribution in [0.1, 0.15) is 16.7 Å². The van der Waals surface area contributed by atoms with Gasteiger partial charge in [0.25, 0.3) is 21.6 Å². The second-order valence-electron chi connectivity index (χ2n) is 9.28. The average molecular weight is 658 g/mol. The van der Waals surface area contributed by atoms with Crippen LogP contribution in [0.4, 0.5) is 11.4 Å². The second kappa shape index (κ2) is 14.2. The van der Waals surface area contributed by atoms with Crippen LogP contribution in [0.5, 0.6) is 11.5 Å². The molecule has 11 nitrogen and oxygen atoms in total. The van der Waals surface area contributed by atoms with Gasteiger partial charge in [-0.1, -0.05) is 47.5 Å². The highest BCUT2D eigenvalue weighted by Gasteiger charge is 2.31. The number of hydrazone groups is 1. The topological polar surface area (TPSA) is 140 Å². The maximum Gasteiger partial charge on any atom is 0.273 e. The van der Waals surface area contributed by atoms with Crippen molar-refractivity contribution in [3.63, 3.8) is 0 Å². The average Bonchev–Trinajstić information content (AvgIpc) is 3.00. The summed E-state index contributed by atoms with van der Waals surface area (Å²) in [7, 11) is -3.20. The highest BCUT2D eigenvalue weighted by molar-refractivity contribution is 7.92. The summed E-state index contributed by atoms with van der Waals surface area (Å²) in [4.78, 5) is 23.4. The van der Waals surface area contributed by atoms with E-state index >= 15 is 0 Å². The Morgan fingerprint density at radius 2 is 1.77 bits per heavy atom. The summed E-state index contributed by atoms with van der Waals surface area (Å²) in [6.45, 7) is 1.03. The van der Waals surface area contributed by atoms with Gasteiger partial charge in [0.05, 0.1) is 28.8 Å². The van der Waals surface area contributed by atoms with Crippen molar-refractivity contribution >= 4 is 56.7 Å². The van der Waals surface area contributed by atoms with Gasteiger partial charge in [-0.05, 0) is 67.1 Å². The number of amides is 1. The van der Waals surface area contributed by atoms with Crippen LogP contribution < -0.4 is 19.2 Å². The number of anilines is 1. The Hall–Kier alpha value is -4.65. The molecule has 0 aromatic heterocycles. The first-order valence-electron chi connectivity index (χ1n) is 12.9. The fourth-order valence-electron chi connectivity index (χ4n) is 4.00. The molecular weight excluding hydrogens is 631 g/mol. The summed E-state index contributed by atoms with van der Waals surface area (Å²) in [5, 5.41) is 16.2. The van der Waals surface area contributed by atoms with Crippen molar-refractivity contribution in [1.82, 2.24) is 5.43 Å². The maximum atomic E-state index is 13.8. The predicted molar refractivity (Wildman–Crippen MR) is 168 cm³/mol. The van der Waals surface area contributed by atoms with Gasteiger partial charge in [-0.25, -0.2) is 13.8 Å². The predicted octanol–water partition coefficient (Wildman–Crippen LogP) is 6.14. The molecule has 228 valence electrons. The molecule has 4 aromatic carbocycles. The molecule has 0 aliphatic carbocycles. The number of nitro benzene ring substituents is 1. The van der Waals surface area contributed by atoms with Crippen molar-refractivity contribution in [2.75, 3.05) is 18.0 Å². The maximum absolute atomic E-state index is 13.8. The number of hydrogen-bond acceptors (Lipinski definition) is 8. The van der Waals surface area contributed by atoms with E-state index in [1.165, 1.54) is 50.6 Å². The Balaban J connectivity index is 1.51. The van der Waals surface area contributed by atoms with Crippen molar-refractivity contribution < 1.29 is 27.6 Å². The zero-order valence-corrected chi connectivity index (χ0v) is 25.8. The molecule has 0 spiro atoms. The Kier molecular flexibility index (Phi) is 10.4. The molecule has 0 bridgehead atoms. The molecule has 44 heavy (non-hydrogen) atoms. The molecule has 1 amide bonds. The van der Waals surface area contributed by atoms with Crippen molar-refractivity contribution in [2.45, 2.75) is 18.4 Å². The van der Waals surface area contributed by atoms with Gasteiger partial charge in [-0.2, -0.15) is 5.10 Å². The molecule has 0 atom stereocenters. The van der Waals surface area contributed by atoms with E-state index in [1.54, 1.807) is 30.3 Å². The molecule has 0 saturated carbocycles. The number of aryl methyl sites for hydroxylation is 1. The Bertz CT molecular complexity index is 1820. The molecule has 0 heterocycles. The molecule has 0 unspecified atom stereocenters. The number of nitrogens with zero attached hydrogens (tertiary/aromatic N) is 3. The molecule has 4 rings (SSSR count). The van der Waals surface area contributed by atoms with E-state index in [4.69, 9.17) is 32.7 Å². The van der Waals surface area contributed by atoms with E-state index in [9.17, 15) is 23.3 Å². The quantitative estimate of drug-likeness (QED) is 0.110. The van der Waals surface area contributed by atoms with Crippen molar-refractivity contribution in [3.05, 3.63) is 122 Å². The first-order chi connectivity index (χ1) is 21.0. The number of rotatable bonds is 12. The van der Waals surface area contributed by atoms with Crippen LogP contribution in [0.25, 0.3) is 0 Å². The summed E-state index contributed by atoms with van der Waals surface area (Å²) in [5.74, 6) is -0.0975. The van der Waals surface area contributed by atoms with E-state index in [-0.39, 0.29) is 28.6 Å².